The summed E-state index contributed by atoms with van der Waals surface area (Å²) in [4.78, 5) is 87.2. The van der Waals surface area contributed by atoms with E-state index in [1.807, 2.05) is 0 Å². The number of amides is 3. The number of nitrogens with zero attached hydrogens (tertiary/aromatic N) is 6. The summed E-state index contributed by atoms with van der Waals surface area (Å²) in [6.07, 6.45) is -2.96. The average Bonchev–Trinajstić information content (AvgIpc) is 3.72. The van der Waals surface area contributed by atoms with Crippen molar-refractivity contribution < 1.29 is 53.3 Å². The molecule has 2 saturated heterocycles. The Morgan fingerprint density at radius 3 is 1.49 bits per heavy atom. The Kier molecular flexibility index (Phi) is 11.7. The van der Waals surface area contributed by atoms with Crippen molar-refractivity contribution in [3.63, 3.8) is 0 Å². The molecular weight excluding hydrogens is 772 g/mol. The first-order valence-corrected chi connectivity index (χ1v) is 18.2. The third kappa shape index (κ3) is 8.48. The van der Waals surface area contributed by atoms with Crippen molar-refractivity contribution in [2.24, 2.45) is 11.8 Å². The lowest BCUT2D eigenvalue weighted by atomic mass is 9.79. The second kappa shape index (κ2) is 16.6. The highest BCUT2D eigenvalue weighted by Gasteiger charge is 2.60. The minimum Gasteiger partial charge on any atom is -0.456 e. The molecule has 3 aliphatic heterocycles. The van der Waals surface area contributed by atoms with E-state index in [1.165, 1.54) is 84.6 Å². The molecule has 1 N–H and O–H groups in total. The summed E-state index contributed by atoms with van der Waals surface area (Å²) in [5.74, 6) is -2.64. The summed E-state index contributed by atoms with van der Waals surface area (Å²) >= 11 is 1.13. The molecule has 3 heterocycles. The lowest BCUT2D eigenvalue weighted by molar-refractivity contribution is -0.385. The molecule has 21 heteroatoms. The number of carbonyl (C=O) groups is 4. The molecule has 4 atom stereocenters. The van der Waals surface area contributed by atoms with Crippen LogP contribution in [0.5, 0.6) is 0 Å². The Balaban J connectivity index is 1.22. The highest BCUT2D eigenvalue weighted by atomic mass is 32.2. The fraction of sp³-hybridized carbons (Fsp3) is 0.333. The van der Waals surface area contributed by atoms with E-state index in [9.17, 15) is 54.6 Å². The molecule has 0 aliphatic carbocycles. The number of esters is 1. The smallest absolute Gasteiger partial charge is 0.429 e. The first-order chi connectivity index (χ1) is 27.1. The number of β-lactam (4-membered cyclic amide) rings is 1. The van der Waals surface area contributed by atoms with Crippen LogP contribution in [0.25, 0.3) is 0 Å². The first kappa shape index (κ1) is 40.1. The predicted octanol–water partition coefficient (Wildman–Crippen LogP) is 4.83. The largest absolute Gasteiger partial charge is 0.456 e. The summed E-state index contributed by atoms with van der Waals surface area (Å²) < 4.78 is 16.5. The number of rotatable bonds is 13. The maximum Gasteiger partial charge on any atom is 0.429 e. The van der Waals surface area contributed by atoms with Gasteiger partial charge in [0.05, 0.1) is 45.9 Å². The highest BCUT2D eigenvalue weighted by Crippen LogP contribution is 2.52. The van der Waals surface area contributed by atoms with Crippen molar-refractivity contribution in [3.05, 3.63) is 130 Å². The molecule has 0 saturated carbocycles. The van der Waals surface area contributed by atoms with Crippen molar-refractivity contribution in [2.45, 2.75) is 51.1 Å². The standard InChI is InChI=1S/C36H34N6O14S/c1-20-30-29(21(2)43)33(44)39(30)31(34(45)54-17-22-3-9-25(10-4-22)40(48)49)32(20)57-28-15-37(35(46)55-18-23-5-11-26(12-6-23)41(50)51)38(16-28)36(47)56-19-24-7-13-27(14-8-24)42(52)53/h3-14,20-21,28-30,43H,15-19H2,1-2H3/t20-,21-,29-,30-/m1/s1. The van der Waals surface area contributed by atoms with Crippen molar-refractivity contribution in [1.29, 1.82) is 0 Å². The number of non-ortho nitro benzene ring substituents is 3. The molecule has 0 bridgehead atoms. The molecule has 0 aromatic heterocycles. The summed E-state index contributed by atoms with van der Waals surface area (Å²) in [6.45, 7) is 2.09. The summed E-state index contributed by atoms with van der Waals surface area (Å²) in [5, 5.41) is 45.0. The van der Waals surface area contributed by atoms with E-state index < -0.39 is 68.1 Å². The van der Waals surface area contributed by atoms with Crippen LogP contribution in [0, 0.1) is 42.2 Å². The van der Waals surface area contributed by atoms with E-state index in [4.69, 9.17) is 14.2 Å². The molecule has 2 fully saturated rings. The quantitative estimate of drug-likeness (QED) is 0.0798. The number of nitro benzene ring substituents is 3. The van der Waals surface area contributed by atoms with Crippen LogP contribution in [0.3, 0.4) is 0 Å². The lowest BCUT2D eigenvalue weighted by Crippen LogP contribution is -2.63. The van der Waals surface area contributed by atoms with E-state index in [0.717, 1.165) is 21.8 Å². The van der Waals surface area contributed by atoms with Crippen LogP contribution in [0.15, 0.2) is 83.4 Å². The molecule has 0 spiro atoms. The molecule has 3 aromatic carbocycles. The third-order valence-corrected chi connectivity index (χ3v) is 11.0. The fourth-order valence-electron chi connectivity index (χ4n) is 6.71. The first-order valence-electron chi connectivity index (χ1n) is 17.3. The van der Waals surface area contributed by atoms with Gasteiger partial charge in [-0.15, -0.1) is 11.8 Å². The number of hydrazine groups is 1. The number of nitro groups is 3. The number of carbonyl (C=O) groups excluding carboxylic acids is 4. The molecule has 0 unspecified atom stereocenters. The number of ether oxygens (including phenoxy) is 3. The topological polar surface area (TPSA) is 255 Å². The van der Waals surface area contributed by atoms with E-state index in [2.05, 4.69) is 0 Å². The van der Waals surface area contributed by atoms with Gasteiger partial charge in [0.1, 0.15) is 25.5 Å². The van der Waals surface area contributed by atoms with Gasteiger partial charge in [0.25, 0.3) is 17.1 Å². The number of thioether (sulfide) groups is 1. The minimum atomic E-state index is -1.03. The van der Waals surface area contributed by atoms with Crippen molar-refractivity contribution >= 4 is 52.9 Å². The van der Waals surface area contributed by atoms with E-state index in [1.54, 1.807) is 6.92 Å². The van der Waals surface area contributed by atoms with Crippen molar-refractivity contribution in [3.8, 4) is 0 Å². The number of aliphatic hydroxyl groups is 1. The van der Waals surface area contributed by atoms with E-state index in [-0.39, 0.29) is 55.7 Å². The van der Waals surface area contributed by atoms with E-state index in [0.29, 0.717) is 21.6 Å². The number of hydrogen-bond donors (Lipinski definition) is 1. The van der Waals surface area contributed by atoms with Gasteiger partial charge in [-0.2, -0.15) is 0 Å². The number of fused-ring (bicyclic) bond motifs is 1. The number of benzene rings is 3. The maximum atomic E-state index is 13.7. The summed E-state index contributed by atoms with van der Waals surface area (Å²) in [7, 11) is 0. The zero-order valence-electron chi connectivity index (χ0n) is 30.2. The third-order valence-electron chi connectivity index (χ3n) is 9.60. The Morgan fingerprint density at radius 2 is 1.12 bits per heavy atom. The number of aliphatic hydroxyl groups excluding tert-OH is 1. The van der Waals surface area contributed by atoms with Crippen molar-refractivity contribution in [2.75, 3.05) is 13.1 Å². The van der Waals surface area contributed by atoms with Gasteiger partial charge >= 0.3 is 18.2 Å². The SMILES string of the molecule is C[C@@H](O)[C@H]1C(=O)N2C(C(=O)OCc3ccc([N+](=O)[O-])cc3)=C(SC3CN(C(=O)OCc4ccc([N+](=O)[O-])cc4)N(C(=O)OCc4ccc([N+](=O)[O-])cc4)C3)[C@H](C)[C@H]12. The van der Waals surface area contributed by atoms with Gasteiger partial charge < -0.3 is 24.2 Å². The Morgan fingerprint density at radius 1 is 0.737 bits per heavy atom. The fourth-order valence-corrected chi connectivity index (χ4v) is 8.15. The predicted molar refractivity (Wildman–Crippen MR) is 196 cm³/mol. The van der Waals surface area contributed by atoms with Gasteiger partial charge in [0.2, 0.25) is 5.91 Å². The van der Waals surface area contributed by atoms with Crippen LogP contribution in [-0.4, -0.2) is 89.3 Å². The zero-order chi connectivity index (χ0) is 41.1. The molecular formula is C36H34N6O14S. The van der Waals surface area contributed by atoms with Crippen LogP contribution >= 0.6 is 11.8 Å². The molecule has 3 aliphatic rings. The van der Waals surface area contributed by atoms with Gasteiger partial charge in [-0.25, -0.2) is 24.4 Å². The molecule has 3 amide bonds. The van der Waals surface area contributed by atoms with Gasteiger partial charge in [0.15, 0.2) is 0 Å². The molecule has 3 aromatic rings. The normalized spacial score (nSPS) is 19.5. The van der Waals surface area contributed by atoms with Gasteiger partial charge in [-0.05, 0) is 60.0 Å². The van der Waals surface area contributed by atoms with E-state index >= 15 is 0 Å². The molecule has 298 valence electrons. The Bertz CT molecular complexity index is 2050. The summed E-state index contributed by atoms with van der Waals surface area (Å²) in [5.41, 5.74) is 0.757. The Hall–Kier alpha value is -6.61. The van der Waals surface area contributed by atoms with Gasteiger partial charge in [-0.1, -0.05) is 6.92 Å². The zero-order valence-corrected chi connectivity index (χ0v) is 31.0. The van der Waals surface area contributed by atoms with Crippen LogP contribution < -0.4 is 0 Å². The van der Waals surface area contributed by atoms with Crippen LogP contribution in [0.1, 0.15) is 30.5 Å². The highest BCUT2D eigenvalue weighted by molar-refractivity contribution is 8.03. The van der Waals surface area contributed by atoms with Crippen LogP contribution in [-0.2, 0) is 43.6 Å². The molecule has 57 heavy (non-hydrogen) atoms. The second-order valence-electron chi connectivity index (χ2n) is 13.3. The molecule has 20 nitrogen and oxygen atoms in total. The van der Waals surface area contributed by atoms with Gasteiger partial charge in [-0.3, -0.25) is 35.1 Å². The summed E-state index contributed by atoms with van der Waals surface area (Å²) in [6, 6.07) is 15.4. The second-order valence-corrected chi connectivity index (χ2v) is 14.7. The lowest BCUT2D eigenvalue weighted by Gasteiger charge is -2.46. The van der Waals surface area contributed by atoms with Crippen LogP contribution in [0.4, 0.5) is 26.7 Å². The van der Waals surface area contributed by atoms with Crippen LogP contribution in [0.2, 0.25) is 0 Å². The average molecular weight is 807 g/mol. The number of hydrogen-bond acceptors (Lipinski definition) is 15. The van der Waals surface area contributed by atoms with Gasteiger partial charge in [0, 0.05) is 52.5 Å². The monoisotopic (exact) mass is 806 g/mol. The maximum absolute atomic E-state index is 13.7. The Labute approximate surface area is 327 Å². The molecule has 0 radical (unpaired) electrons. The minimum absolute atomic E-state index is 0.0622. The van der Waals surface area contributed by atoms with Crippen molar-refractivity contribution in [1.82, 2.24) is 14.9 Å². The molecule has 6 rings (SSSR count).